The van der Waals surface area contributed by atoms with Crippen LogP contribution in [0, 0.1) is 5.82 Å². The van der Waals surface area contributed by atoms with Gasteiger partial charge in [0.05, 0.1) is 11.3 Å². The second kappa shape index (κ2) is 7.48. The second-order valence-corrected chi connectivity index (χ2v) is 3.82. The average Bonchev–Trinajstić information content (AvgIpc) is 2.37. The van der Waals surface area contributed by atoms with Crippen LogP contribution in [-0.4, -0.2) is 30.2 Å². The maximum atomic E-state index is 13.5. The third-order valence-corrected chi connectivity index (χ3v) is 2.41. The van der Waals surface area contributed by atoms with Crippen molar-refractivity contribution >= 4 is 17.6 Å². The first kappa shape index (κ1) is 15.1. The Bertz CT molecular complexity index is 462. The lowest BCUT2D eigenvalue weighted by molar-refractivity contribution is -0.116. The minimum atomic E-state index is -1.29. The minimum absolute atomic E-state index is 0.146. The number of hydrogen-bond acceptors (Lipinski definition) is 3. The first-order chi connectivity index (χ1) is 9.06. The van der Waals surface area contributed by atoms with Crippen LogP contribution in [0.4, 0.5) is 10.1 Å². The Morgan fingerprint density at radius 1 is 1.42 bits per heavy atom. The van der Waals surface area contributed by atoms with E-state index in [1.807, 2.05) is 6.92 Å². The van der Waals surface area contributed by atoms with Gasteiger partial charge in [-0.3, -0.25) is 4.79 Å². The van der Waals surface area contributed by atoms with Crippen molar-refractivity contribution < 1.29 is 23.8 Å². The summed E-state index contributed by atoms with van der Waals surface area (Å²) in [5.74, 6) is -2.49. The first-order valence-electron chi connectivity index (χ1n) is 5.95. The molecule has 1 rings (SSSR count). The predicted octanol–water partition coefficient (Wildman–Crippen LogP) is 2.28. The molecule has 19 heavy (non-hydrogen) atoms. The second-order valence-electron chi connectivity index (χ2n) is 3.82. The van der Waals surface area contributed by atoms with E-state index in [2.05, 4.69) is 5.32 Å². The number of halogens is 1. The number of amides is 1. The third-order valence-electron chi connectivity index (χ3n) is 2.41. The maximum Gasteiger partial charge on any atom is 0.337 e. The lowest BCUT2D eigenvalue weighted by Crippen LogP contribution is -2.16. The van der Waals surface area contributed by atoms with Crippen LogP contribution < -0.4 is 5.32 Å². The van der Waals surface area contributed by atoms with E-state index in [1.54, 1.807) is 0 Å². The highest BCUT2D eigenvalue weighted by molar-refractivity contribution is 6.00. The summed E-state index contributed by atoms with van der Waals surface area (Å²) in [6.07, 6.45) is 0.643. The van der Waals surface area contributed by atoms with Crippen LogP contribution in [0.5, 0.6) is 0 Å². The molecule has 0 spiro atoms. The highest BCUT2D eigenvalue weighted by Crippen LogP contribution is 2.20. The highest BCUT2D eigenvalue weighted by atomic mass is 19.1. The van der Waals surface area contributed by atoms with Crippen molar-refractivity contribution in [3.63, 3.8) is 0 Å². The van der Waals surface area contributed by atoms with Gasteiger partial charge in [-0.2, -0.15) is 0 Å². The van der Waals surface area contributed by atoms with Gasteiger partial charge in [0.15, 0.2) is 0 Å². The summed E-state index contributed by atoms with van der Waals surface area (Å²) >= 11 is 0. The van der Waals surface area contributed by atoms with Crippen molar-refractivity contribution in [1.29, 1.82) is 0 Å². The predicted molar refractivity (Wildman–Crippen MR) is 67.7 cm³/mol. The van der Waals surface area contributed by atoms with E-state index in [1.165, 1.54) is 12.1 Å². The van der Waals surface area contributed by atoms with Crippen molar-refractivity contribution in [2.75, 3.05) is 18.5 Å². The minimum Gasteiger partial charge on any atom is -0.478 e. The zero-order valence-electron chi connectivity index (χ0n) is 10.6. The van der Waals surface area contributed by atoms with Gasteiger partial charge < -0.3 is 15.2 Å². The van der Waals surface area contributed by atoms with Crippen molar-refractivity contribution in [2.24, 2.45) is 0 Å². The van der Waals surface area contributed by atoms with Crippen molar-refractivity contribution in [2.45, 2.75) is 19.8 Å². The average molecular weight is 269 g/mol. The zero-order valence-corrected chi connectivity index (χ0v) is 10.6. The summed E-state index contributed by atoms with van der Waals surface area (Å²) in [5, 5.41) is 11.2. The van der Waals surface area contributed by atoms with Crippen LogP contribution in [0.3, 0.4) is 0 Å². The Kier molecular flexibility index (Phi) is 5.95. The van der Waals surface area contributed by atoms with Gasteiger partial charge in [0, 0.05) is 19.6 Å². The molecule has 104 valence electrons. The SMILES string of the molecule is CCOCCCC(=O)Nc1c(F)cccc1C(=O)O. The molecule has 1 amide bonds. The molecule has 0 atom stereocenters. The van der Waals surface area contributed by atoms with Crippen molar-refractivity contribution in [3.05, 3.63) is 29.6 Å². The summed E-state index contributed by atoms with van der Waals surface area (Å²) in [7, 11) is 0. The van der Waals surface area contributed by atoms with E-state index in [0.29, 0.717) is 19.6 Å². The lowest BCUT2D eigenvalue weighted by Gasteiger charge is -2.09. The van der Waals surface area contributed by atoms with Crippen LogP contribution >= 0.6 is 0 Å². The summed E-state index contributed by atoms with van der Waals surface area (Å²) < 4.78 is 18.6. The van der Waals surface area contributed by atoms with Crippen LogP contribution in [-0.2, 0) is 9.53 Å². The number of carbonyl (C=O) groups is 2. The van der Waals surface area contributed by atoms with Crippen LogP contribution in [0.2, 0.25) is 0 Å². The van der Waals surface area contributed by atoms with E-state index in [-0.39, 0.29) is 17.7 Å². The quantitative estimate of drug-likeness (QED) is 0.744. The first-order valence-corrected chi connectivity index (χ1v) is 5.95. The molecular weight excluding hydrogens is 253 g/mol. The molecule has 2 N–H and O–H groups in total. The summed E-state index contributed by atoms with van der Waals surface area (Å²) in [4.78, 5) is 22.5. The normalized spacial score (nSPS) is 10.2. The van der Waals surface area contributed by atoms with E-state index in [9.17, 15) is 14.0 Å². The van der Waals surface area contributed by atoms with Gasteiger partial charge in [0.25, 0.3) is 0 Å². The molecule has 0 aliphatic carbocycles. The van der Waals surface area contributed by atoms with Crippen molar-refractivity contribution in [1.82, 2.24) is 0 Å². The van der Waals surface area contributed by atoms with Gasteiger partial charge in [0.1, 0.15) is 5.82 Å². The number of hydrogen-bond donors (Lipinski definition) is 2. The van der Waals surface area contributed by atoms with Crippen molar-refractivity contribution in [3.8, 4) is 0 Å². The fourth-order valence-corrected chi connectivity index (χ4v) is 1.51. The Labute approximate surface area is 110 Å². The molecule has 0 unspecified atom stereocenters. The molecule has 1 aromatic carbocycles. The number of nitrogens with one attached hydrogen (secondary N) is 1. The summed E-state index contributed by atoms with van der Waals surface area (Å²) in [5.41, 5.74) is -0.561. The molecule has 0 aliphatic heterocycles. The number of aromatic carboxylic acids is 1. The molecule has 0 fully saturated rings. The molecular formula is C13H16FNO4. The number of carboxylic acid groups (broad SMARTS) is 1. The fourth-order valence-electron chi connectivity index (χ4n) is 1.51. The van der Waals surface area contributed by atoms with Gasteiger partial charge in [-0.25, -0.2) is 9.18 Å². The number of rotatable bonds is 7. The molecule has 0 heterocycles. The van der Waals surface area contributed by atoms with Gasteiger partial charge in [-0.05, 0) is 25.5 Å². The topological polar surface area (TPSA) is 75.6 Å². The van der Waals surface area contributed by atoms with Crippen LogP contribution in [0.1, 0.15) is 30.1 Å². The van der Waals surface area contributed by atoms with E-state index in [4.69, 9.17) is 9.84 Å². The maximum absolute atomic E-state index is 13.5. The molecule has 0 aliphatic rings. The zero-order chi connectivity index (χ0) is 14.3. The summed E-state index contributed by atoms with van der Waals surface area (Å²) in [6.45, 7) is 2.85. The third kappa shape index (κ3) is 4.67. The molecule has 1 aromatic rings. The Balaban J connectivity index is 2.66. The van der Waals surface area contributed by atoms with Gasteiger partial charge in [0.2, 0.25) is 5.91 Å². The molecule has 0 aromatic heterocycles. The largest absolute Gasteiger partial charge is 0.478 e. The number of carboxylic acids is 1. The number of para-hydroxylation sites is 1. The van der Waals surface area contributed by atoms with E-state index >= 15 is 0 Å². The molecule has 0 saturated heterocycles. The van der Waals surface area contributed by atoms with Crippen LogP contribution in [0.15, 0.2) is 18.2 Å². The smallest absolute Gasteiger partial charge is 0.337 e. The lowest BCUT2D eigenvalue weighted by atomic mass is 10.1. The van der Waals surface area contributed by atoms with E-state index in [0.717, 1.165) is 6.07 Å². The number of carbonyl (C=O) groups excluding carboxylic acids is 1. The van der Waals surface area contributed by atoms with Gasteiger partial charge in [-0.15, -0.1) is 0 Å². The number of ether oxygens (including phenoxy) is 1. The molecule has 0 saturated carbocycles. The van der Waals surface area contributed by atoms with Gasteiger partial charge in [-0.1, -0.05) is 6.07 Å². The fraction of sp³-hybridized carbons (Fsp3) is 0.385. The standard InChI is InChI=1S/C13H16FNO4/c1-2-19-8-4-7-11(16)15-12-9(13(17)18)5-3-6-10(12)14/h3,5-6H,2,4,7-8H2,1H3,(H,15,16)(H,17,18). The summed E-state index contributed by atoms with van der Waals surface area (Å²) in [6, 6.07) is 3.62. The van der Waals surface area contributed by atoms with Crippen LogP contribution in [0.25, 0.3) is 0 Å². The Hall–Kier alpha value is -1.95. The number of anilines is 1. The molecule has 0 bridgehead atoms. The molecule has 5 nitrogen and oxygen atoms in total. The Morgan fingerprint density at radius 2 is 2.16 bits per heavy atom. The van der Waals surface area contributed by atoms with Gasteiger partial charge >= 0.3 is 5.97 Å². The molecule has 6 heteroatoms. The number of benzene rings is 1. The highest BCUT2D eigenvalue weighted by Gasteiger charge is 2.16. The Morgan fingerprint density at radius 3 is 2.79 bits per heavy atom. The monoisotopic (exact) mass is 269 g/mol. The molecule has 0 radical (unpaired) electrons. The van der Waals surface area contributed by atoms with E-state index < -0.39 is 17.7 Å².